The summed E-state index contributed by atoms with van der Waals surface area (Å²) in [5.41, 5.74) is 2.64. The number of aryl methyl sites for hydroxylation is 2. The van der Waals surface area contributed by atoms with E-state index in [1.165, 1.54) is 17.5 Å². The smallest absolute Gasteiger partial charge is 0.122 e. The second-order valence-corrected chi connectivity index (χ2v) is 4.77. The molecule has 0 radical (unpaired) electrons. The lowest BCUT2D eigenvalue weighted by molar-refractivity contribution is 0.405. The minimum atomic E-state index is 0.708. The van der Waals surface area contributed by atoms with E-state index in [1.54, 1.807) is 7.11 Å². The fourth-order valence-electron chi connectivity index (χ4n) is 2.00. The molecule has 0 aromatic heterocycles. The van der Waals surface area contributed by atoms with E-state index in [9.17, 15) is 0 Å². The van der Waals surface area contributed by atoms with E-state index in [4.69, 9.17) is 4.74 Å². The van der Waals surface area contributed by atoms with Gasteiger partial charge in [0.25, 0.3) is 0 Å². The minimum Gasteiger partial charge on any atom is -0.496 e. The molecule has 0 bridgehead atoms. The van der Waals surface area contributed by atoms with Crippen LogP contribution in [0, 0.1) is 12.8 Å². The summed E-state index contributed by atoms with van der Waals surface area (Å²) in [5, 5.41) is 3.39. The Labute approximate surface area is 105 Å². The number of nitrogens with one attached hydrogen (secondary N) is 1. The topological polar surface area (TPSA) is 21.3 Å². The lowest BCUT2D eigenvalue weighted by Gasteiger charge is -2.14. The SMILES string of the molecule is CCNCC(C)CCc1cc(C)ccc1OC. The lowest BCUT2D eigenvalue weighted by Crippen LogP contribution is -2.20. The first kappa shape index (κ1) is 14.0. The van der Waals surface area contributed by atoms with Gasteiger partial charge in [-0.05, 0) is 50.4 Å². The van der Waals surface area contributed by atoms with Gasteiger partial charge in [0, 0.05) is 0 Å². The summed E-state index contributed by atoms with van der Waals surface area (Å²) >= 11 is 0. The van der Waals surface area contributed by atoms with Gasteiger partial charge in [-0.2, -0.15) is 0 Å². The molecular formula is C15H25NO. The molecule has 1 N–H and O–H groups in total. The number of benzene rings is 1. The molecule has 0 spiro atoms. The largest absolute Gasteiger partial charge is 0.496 e. The molecule has 0 aliphatic carbocycles. The van der Waals surface area contributed by atoms with Crippen LogP contribution >= 0.6 is 0 Å². The summed E-state index contributed by atoms with van der Waals surface area (Å²) in [4.78, 5) is 0. The number of hydrogen-bond acceptors (Lipinski definition) is 2. The summed E-state index contributed by atoms with van der Waals surface area (Å²) in [5.74, 6) is 1.73. The molecule has 1 aromatic rings. The molecular weight excluding hydrogens is 210 g/mol. The molecule has 2 nitrogen and oxygen atoms in total. The Hall–Kier alpha value is -1.02. The average molecular weight is 235 g/mol. The van der Waals surface area contributed by atoms with Gasteiger partial charge in [-0.1, -0.05) is 31.5 Å². The highest BCUT2D eigenvalue weighted by Crippen LogP contribution is 2.22. The monoisotopic (exact) mass is 235 g/mol. The molecule has 1 atom stereocenters. The third-order valence-electron chi connectivity index (χ3n) is 3.09. The van der Waals surface area contributed by atoms with Crippen LogP contribution in [0.25, 0.3) is 0 Å². The van der Waals surface area contributed by atoms with E-state index >= 15 is 0 Å². The molecule has 0 amide bonds. The third-order valence-corrected chi connectivity index (χ3v) is 3.09. The first-order chi connectivity index (χ1) is 8.17. The molecule has 0 saturated carbocycles. The van der Waals surface area contributed by atoms with Crippen LogP contribution < -0.4 is 10.1 Å². The highest BCUT2D eigenvalue weighted by molar-refractivity contribution is 5.36. The maximum atomic E-state index is 5.40. The van der Waals surface area contributed by atoms with Crippen molar-refractivity contribution in [2.24, 2.45) is 5.92 Å². The van der Waals surface area contributed by atoms with Crippen LogP contribution in [-0.2, 0) is 6.42 Å². The summed E-state index contributed by atoms with van der Waals surface area (Å²) in [6.07, 6.45) is 2.30. The number of hydrogen-bond donors (Lipinski definition) is 1. The summed E-state index contributed by atoms with van der Waals surface area (Å²) in [7, 11) is 1.75. The number of methoxy groups -OCH3 is 1. The fraction of sp³-hybridized carbons (Fsp3) is 0.600. The van der Waals surface area contributed by atoms with Crippen molar-refractivity contribution in [1.29, 1.82) is 0 Å². The molecule has 0 aliphatic heterocycles. The van der Waals surface area contributed by atoms with Crippen LogP contribution in [-0.4, -0.2) is 20.2 Å². The van der Waals surface area contributed by atoms with E-state index in [-0.39, 0.29) is 0 Å². The van der Waals surface area contributed by atoms with Gasteiger partial charge in [0.2, 0.25) is 0 Å². The Morgan fingerprint density at radius 3 is 2.76 bits per heavy atom. The van der Waals surface area contributed by atoms with Gasteiger partial charge in [0.15, 0.2) is 0 Å². The Bertz CT molecular complexity index is 336. The molecule has 1 aromatic carbocycles. The summed E-state index contributed by atoms with van der Waals surface area (Å²) in [6, 6.07) is 6.41. The minimum absolute atomic E-state index is 0.708. The highest BCUT2D eigenvalue weighted by Gasteiger charge is 2.06. The van der Waals surface area contributed by atoms with Gasteiger partial charge >= 0.3 is 0 Å². The first-order valence-electron chi connectivity index (χ1n) is 6.51. The van der Waals surface area contributed by atoms with Gasteiger partial charge in [-0.25, -0.2) is 0 Å². The lowest BCUT2D eigenvalue weighted by atomic mass is 9.99. The normalized spacial score (nSPS) is 12.5. The van der Waals surface area contributed by atoms with Crippen LogP contribution in [0.3, 0.4) is 0 Å². The Balaban J connectivity index is 2.52. The van der Waals surface area contributed by atoms with Crippen molar-refractivity contribution in [3.8, 4) is 5.75 Å². The fourth-order valence-corrected chi connectivity index (χ4v) is 2.00. The second kappa shape index (κ2) is 7.33. The molecule has 1 rings (SSSR count). The van der Waals surface area contributed by atoms with Crippen LogP contribution in [0.2, 0.25) is 0 Å². The predicted molar refractivity (Wildman–Crippen MR) is 73.8 cm³/mol. The maximum absolute atomic E-state index is 5.40. The molecule has 2 heteroatoms. The van der Waals surface area contributed by atoms with Crippen LogP contribution in [0.15, 0.2) is 18.2 Å². The van der Waals surface area contributed by atoms with Crippen molar-refractivity contribution < 1.29 is 4.74 Å². The van der Waals surface area contributed by atoms with Crippen molar-refractivity contribution in [2.45, 2.75) is 33.6 Å². The Morgan fingerprint density at radius 2 is 2.12 bits per heavy atom. The Kier molecular flexibility index (Phi) is 6.06. The highest BCUT2D eigenvalue weighted by atomic mass is 16.5. The van der Waals surface area contributed by atoms with Gasteiger partial charge in [0.05, 0.1) is 7.11 Å². The Morgan fingerprint density at radius 1 is 1.35 bits per heavy atom. The van der Waals surface area contributed by atoms with E-state index < -0.39 is 0 Å². The van der Waals surface area contributed by atoms with E-state index in [0.717, 1.165) is 25.3 Å². The average Bonchev–Trinajstić information content (AvgIpc) is 2.34. The van der Waals surface area contributed by atoms with Gasteiger partial charge in [-0.3, -0.25) is 0 Å². The quantitative estimate of drug-likeness (QED) is 0.783. The molecule has 0 aliphatic rings. The molecule has 0 heterocycles. The third kappa shape index (κ3) is 4.78. The molecule has 0 fully saturated rings. The van der Waals surface area contributed by atoms with Gasteiger partial charge in [-0.15, -0.1) is 0 Å². The van der Waals surface area contributed by atoms with Crippen molar-refractivity contribution in [1.82, 2.24) is 5.32 Å². The van der Waals surface area contributed by atoms with Crippen molar-refractivity contribution in [3.63, 3.8) is 0 Å². The van der Waals surface area contributed by atoms with Crippen molar-refractivity contribution >= 4 is 0 Å². The van der Waals surface area contributed by atoms with E-state index in [0.29, 0.717) is 5.92 Å². The van der Waals surface area contributed by atoms with Crippen molar-refractivity contribution in [3.05, 3.63) is 29.3 Å². The molecule has 0 saturated heterocycles. The van der Waals surface area contributed by atoms with Crippen LogP contribution in [0.5, 0.6) is 5.75 Å². The zero-order chi connectivity index (χ0) is 12.7. The van der Waals surface area contributed by atoms with E-state index in [2.05, 4.69) is 44.3 Å². The summed E-state index contributed by atoms with van der Waals surface area (Å²) < 4.78 is 5.40. The van der Waals surface area contributed by atoms with Crippen molar-refractivity contribution in [2.75, 3.05) is 20.2 Å². The van der Waals surface area contributed by atoms with E-state index in [1.807, 2.05) is 0 Å². The predicted octanol–water partition coefficient (Wildman–Crippen LogP) is 3.18. The van der Waals surface area contributed by atoms with Gasteiger partial charge < -0.3 is 10.1 Å². The maximum Gasteiger partial charge on any atom is 0.122 e. The standard InChI is InChI=1S/C15H25NO/c1-5-16-11-13(3)6-8-14-10-12(2)7-9-15(14)17-4/h7,9-10,13,16H,5-6,8,11H2,1-4H3. The molecule has 1 unspecified atom stereocenters. The number of rotatable bonds is 7. The molecule has 17 heavy (non-hydrogen) atoms. The van der Waals surface area contributed by atoms with Gasteiger partial charge in [0.1, 0.15) is 5.75 Å². The zero-order valence-electron chi connectivity index (χ0n) is 11.5. The first-order valence-corrected chi connectivity index (χ1v) is 6.51. The number of ether oxygens (including phenoxy) is 1. The van der Waals surface area contributed by atoms with Crippen LogP contribution in [0.4, 0.5) is 0 Å². The zero-order valence-corrected chi connectivity index (χ0v) is 11.5. The molecule has 96 valence electrons. The summed E-state index contributed by atoms with van der Waals surface area (Å²) in [6.45, 7) is 8.73. The second-order valence-electron chi connectivity index (χ2n) is 4.77. The van der Waals surface area contributed by atoms with Crippen LogP contribution in [0.1, 0.15) is 31.4 Å².